The van der Waals surface area contributed by atoms with Crippen LogP contribution in [0.3, 0.4) is 0 Å². The van der Waals surface area contributed by atoms with Gasteiger partial charge in [-0.3, -0.25) is 4.79 Å². The van der Waals surface area contributed by atoms with E-state index in [1.54, 1.807) is 12.1 Å². The maximum Gasteiger partial charge on any atom is 0.257 e. The van der Waals surface area contributed by atoms with Gasteiger partial charge in [0.15, 0.2) is 0 Å². The summed E-state index contributed by atoms with van der Waals surface area (Å²) in [6, 6.07) is 19.3. The number of nitrogens with one attached hydrogen (secondary N) is 2. The van der Waals surface area contributed by atoms with Crippen LogP contribution >= 0.6 is 11.6 Å². The van der Waals surface area contributed by atoms with E-state index in [1.165, 1.54) is 22.5 Å². The second-order valence-corrected chi connectivity index (χ2v) is 9.99. The standard InChI is InChI=1S/C24H24ClN3O4S/c1-17-6-8-18(9-7-17)26-22-4-2-3-5-23(22)27-24(29)20-16-19(10-11-21(20)25)33(30,31)28-12-14-32-15-13-28/h2-11,16,26H,12-15H2,1H3,(H,27,29). The zero-order chi connectivity index (χ0) is 23.4. The van der Waals surface area contributed by atoms with E-state index in [0.29, 0.717) is 24.6 Å². The maximum atomic E-state index is 13.1. The molecule has 1 aliphatic rings. The van der Waals surface area contributed by atoms with E-state index in [4.69, 9.17) is 16.3 Å². The molecule has 0 saturated carbocycles. The van der Waals surface area contributed by atoms with Gasteiger partial charge in [0.1, 0.15) is 0 Å². The number of hydrogen-bond acceptors (Lipinski definition) is 5. The lowest BCUT2D eigenvalue weighted by Gasteiger charge is -2.26. The van der Waals surface area contributed by atoms with Crippen molar-refractivity contribution in [1.82, 2.24) is 4.31 Å². The van der Waals surface area contributed by atoms with Gasteiger partial charge in [0.2, 0.25) is 10.0 Å². The average molecular weight is 486 g/mol. The number of sulfonamides is 1. The summed E-state index contributed by atoms with van der Waals surface area (Å²) in [5, 5.41) is 6.30. The summed E-state index contributed by atoms with van der Waals surface area (Å²) in [7, 11) is -3.76. The molecule has 0 aromatic heterocycles. The van der Waals surface area contributed by atoms with Crippen LogP contribution in [0.1, 0.15) is 15.9 Å². The van der Waals surface area contributed by atoms with Crippen molar-refractivity contribution in [2.75, 3.05) is 36.9 Å². The Morgan fingerprint density at radius 2 is 1.64 bits per heavy atom. The summed E-state index contributed by atoms with van der Waals surface area (Å²) < 4.78 is 32.6. The van der Waals surface area contributed by atoms with Crippen molar-refractivity contribution < 1.29 is 17.9 Å². The van der Waals surface area contributed by atoms with Crippen molar-refractivity contribution >= 4 is 44.6 Å². The molecule has 1 heterocycles. The second-order valence-electron chi connectivity index (χ2n) is 7.65. The molecule has 7 nitrogen and oxygen atoms in total. The van der Waals surface area contributed by atoms with E-state index < -0.39 is 15.9 Å². The first kappa shape index (κ1) is 23.3. The molecule has 0 radical (unpaired) electrons. The number of ether oxygens (including phenoxy) is 1. The Hall–Kier alpha value is -2.91. The summed E-state index contributed by atoms with van der Waals surface area (Å²) in [6.07, 6.45) is 0. The number of carbonyl (C=O) groups is 1. The second kappa shape index (κ2) is 9.93. The van der Waals surface area contributed by atoms with Crippen LogP contribution in [0.2, 0.25) is 5.02 Å². The van der Waals surface area contributed by atoms with Crippen LogP contribution in [0, 0.1) is 6.92 Å². The number of aryl methyl sites for hydroxylation is 1. The lowest BCUT2D eigenvalue weighted by atomic mass is 10.2. The summed E-state index contributed by atoms with van der Waals surface area (Å²) in [6.45, 7) is 3.22. The molecule has 0 spiro atoms. The highest BCUT2D eigenvalue weighted by Crippen LogP contribution is 2.28. The van der Waals surface area contributed by atoms with Gasteiger partial charge in [-0.15, -0.1) is 0 Å². The third kappa shape index (κ3) is 5.36. The molecule has 0 atom stereocenters. The maximum absolute atomic E-state index is 13.1. The van der Waals surface area contributed by atoms with Gasteiger partial charge in [0, 0.05) is 18.8 Å². The van der Waals surface area contributed by atoms with Crippen LogP contribution in [0.5, 0.6) is 0 Å². The van der Waals surface area contributed by atoms with Crippen molar-refractivity contribution in [1.29, 1.82) is 0 Å². The highest BCUT2D eigenvalue weighted by molar-refractivity contribution is 7.89. The Kier molecular flexibility index (Phi) is 6.99. The monoisotopic (exact) mass is 485 g/mol. The molecule has 172 valence electrons. The largest absolute Gasteiger partial charge is 0.379 e. The van der Waals surface area contributed by atoms with Crippen molar-refractivity contribution in [3.8, 4) is 0 Å². The molecule has 1 amide bonds. The highest BCUT2D eigenvalue weighted by Gasteiger charge is 2.27. The molecule has 3 aromatic carbocycles. The molecule has 0 aliphatic carbocycles. The van der Waals surface area contributed by atoms with Crippen molar-refractivity contribution in [3.05, 3.63) is 82.9 Å². The van der Waals surface area contributed by atoms with Crippen molar-refractivity contribution in [2.45, 2.75) is 11.8 Å². The van der Waals surface area contributed by atoms with E-state index in [1.807, 2.05) is 43.3 Å². The van der Waals surface area contributed by atoms with Crippen LogP contribution in [0.15, 0.2) is 71.6 Å². The quantitative estimate of drug-likeness (QED) is 0.530. The third-order valence-electron chi connectivity index (χ3n) is 5.30. The smallest absolute Gasteiger partial charge is 0.257 e. The Bertz CT molecular complexity index is 1260. The SMILES string of the molecule is Cc1ccc(Nc2ccccc2NC(=O)c2cc(S(=O)(=O)N3CCOCC3)ccc2Cl)cc1. The lowest BCUT2D eigenvalue weighted by molar-refractivity contribution is 0.0730. The molecule has 9 heteroatoms. The fourth-order valence-electron chi connectivity index (χ4n) is 3.46. The number of anilines is 3. The number of carbonyl (C=O) groups excluding carboxylic acids is 1. The molecular weight excluding hydrogens is 462 g/mol. The van der Waals surface area contributed by atoms with Gasteiger partial charge in [-0.2, -0.15) is 4.31 Å². The number of benzene rings is 3. The first-order valence-electron chi connectivity index (χ1n) is 10.5. The van der Waals surface area contributed by atoms with Crippen LogP contribution < -0.4 is 10.6 Å². The van der Waals surface area contributed by atoms with E-state index in [9.17, 15) is 13.2 Å². The topological polar surface area (TPSA) is 87.7 Å². The molecule has 0 unspecified atom stereocenters. The molecule has 33 heavy (non-hydrogen) atoms. The van der Waals surface area contributed by atoms with Crippen LogP contribution in [-0.2, 0) is 14.8 Å². The predicted octanol–water partition coefficient (Wildman–Crippen LogP) is 4.67. The minimum Gasteiger partial charge on any atom is -0.379 e. The number of morpholine rings is 1. The summed E-state index contributed by atoms with van der Waals surface area (Å²) >= 11 is 6.27. The van der Waals surface area contributed by atoms with Crippen LogP contribution in [0.25, 0.3) is 0 Å². The molecule has 1 fully saturated rings. The number of halogens is 1. The minimum absolute atomic E-state index is 0.0185. The lowest BCUT2D eigenvalue weighted by Crippen LogP contribution is -2.40. The Balaban J connectivity index is 1.58. The molecule has 4 rings (SSSR count). The van der Waals surface area contributed by atoms with E-state index in [-0.39, 0.29) is 28.6 Å². The van der Waals surface area contributed by atoms with E-state index in [2.05, 4.69) is 10.6 Å². The normalized spacial score (nSPS) is 14.6. The Morgan fingerprint density at radius 1 is 0.970 bits per heavy atom. The first-order chi connectivity index (χ1) is 15.8. The molecule has 2 N–H and O–H groups in total. The fraction of sp³-hybridized carbons (Fsp3) is 0.208. The van der Waals surface area contributed by atoms with Crippen molar-refractivity contribution in [2.24, 2.45) is 0 Å². The van der Waals surface area contributed by atoms with Gasteiger partial charge in [0.05, 0.1) is 40.1 Å². The van der Waals surface area contributed by atoms with Gasteiger partial charge in [-0.1, -0.05) is 41.4 Å². The van der Waals surface area contributed by atoms with Crippen LogP contribution in [-0.4, -0.2) is 44.9 Å². The van der Waals surface area contributed by atoms with Gasteiger partial charge >= 0.3 is 0 Å². The predicted molar refractivity (Wildman–Crippen MR) is 130 cm³/mol. The highest BCUT2D eigenvalue weighted by atomic mass is 35.5. The number of rotatable bonds is 6. The molecule has 3 aromatic rings. The van der Waals surface area contributed by atoms with Gasteiger partial charge in [-0.05, 0) is 49.4 Å². The molecule has 1 saturated heterocycles. The van der Waals surface area contributed by atoms with Crippen LogP contribution in [0.4, 0.5) is 17.1 Å². The summed E-state index contributed by atoms with van der Waals surface area (Å²) in [5.41, 5.74) is 3.34. The number of amides is 1. The van der Waals surface area contributed by atoms with E-state index >= 15 is 0 Å². The Labute approximate surface area is 198 Å². The molecular formula is C24H24ClN3O4S. The van der Waals surface area contributed by atoms with Gasteiger partial charge in [-0.25, -0.2) is 8.42 Å². The average Bonchev–Trinajstić information content (AvgIpc) is 2.82. The number of hydrogen-bond donors (Lipinski definition) is 2. The van der Waals surface area contributed by atoms with Crippen molar-refractivity contribution in [3.63, 3.8) is 0 Å². The zero-order valence-electron chi connectivity index (χ0n) is 18.0. The molecule has 0 bridgehead atoms. The minimum atomic E-state index is -3.76. The van der Waals surface area contributed by atoms with Gasteiger partial charge in [0.25, 0.3) is 5.91 Å². The fourth-order valence-corrected chi connectivity index (χ4v) is 5.10. The van der Waals surface area contributed by atoms with E-state index in [0.717, 1.165) is 11.3 Å². The Morgan fingerprint density at radius 3 is 2.33 bits per heavy atom. The summed E-state index contributed by atoms with van der Waals surface area (Å²) in [4.78, 5) is 13.1. The molecule has 1 aliphatic heterocycles. The first-order valence-corrected chi connectivity index (χ1v) is 12.3. The zero-order valence-corrected chi connectivity index (χ0v) is 19.6. The summed E-state index contributed by atoms with van der Waals surface area (Å²) in [5.74, 6) is -0.503. The van der Waals surface area contributed by atoms with Gasteiger partial charge < -0.3 is 15.4 Å². The third-order valence-corrected chi connectivity index (χ3v) is 7.52. The number of para-hydroxylation sites is 2. The number of nitrogens with zero attached hydrogens (tertiary/aromatic N) is 1.